The van der Waals surface area contributed by atoms with Crippen molar-refractivity contribution in [2.45, 2.75) is 26.9 Å². The molecule has 0 N–H and O–H groups in total. The maximum atomic E-state index is 4.47. The number of nitrogens with zero attached hydrogens (tertiary/aromatic N) is 4. The van der Waals surface area contributed by atoms with Crippen LogP contribution in [0, 0.1) is 13.8 Å². The molecule has 0 fully saturated rings. The predicted molar refractivity (Wildman–Crippen MR) is 98.1 cm³/mol. The van der Waals surface area contributed by atoms with Gasteiger partial charge in [-0.05, 0) is 49.2 Å². The van der Waals surface area contributed by atoms with E-state index in [4.69, 9.17) is 0 Å². The van der Waals surface area contributed by atoms with Crippen LogP contribution in [-0.2, 0) is 13.1 Å². The van der Waals surface area contributed by atoms with Crippen LogP contribution in [0.25, 0.3) is 22.1 Å². The largest absolute Gasteiger partial charge is 0.327 e. The molecule has 0 spiro atoms. The monoisotopic (exact) mass is 316 g/mol. The van der Waals surface area contributed by atoms with Crippen molar-refractivity contribution in [3.8, 4) is 0 Å². The Morgan fingerprint density at radius 3 is 1.67 bits per heavy atom. The van der Waals surface area contributed by atoms with Crippen molar-refractivity contribution in [3.63, 3.8) is 0 Å². The lowest BCUT2D eigenvalue weighted by Gasteiger charge is -2.02. The first-order valence-corrected chi connectivity index (χ1v) is 8.19. The zero-order valence-corrected chi connectivity index (χ0v) is 14.0. The van der Waals surface area contributed by atoms with E-state index in [1.165, 1.54) is 22.2 Å². The van der Waals surface area contributed by atoms with Gasteiger partial charge in [0.05, 0.1) is 34.7 Å². The van der Waals surface area contributed by atoms with E-state index in [1.54, 1.807) is 0 Å². The number of benzene rings is 2. The van der Waals surface area contributed by atoms with Gasteiger partial charge in [-0.25, -0.2) is 9.97 Å². The van der Waals surface area contributed by atoms with Crippen molar-refractivity contribution in [3.05, 3.63) is 72.3 Å². The summed E-state index contributed by atoms with van der Waals surface area (Å²) < 4.78 is 4.33. The Labute approximate surface area is 141 Å². The molecule has 2 aromatic heterocycles. The highest BCUT2D eigenvalue weighted by Crippen LogP contribution is 2.16. The number of aromatic nitrogens is 4. The number of hydrogen-bond acceptors (Lipinski definition) is 2. The maximum absolute atomic E-state index is 4.47. The standard InChI is InChI=1S/C20H20N4/c1-15-5-7-19-17(11-15)21-13-23(19)9-3-4-10-24-14-22-18-12-16(2)6-8-20(18)24/h3-8,11-14H,9-10H2,1-2H3/b4-3-. The van der Waals surface area contributed by atoms with Crippen LogP contribution in [0.3, 0.4) is 0 Å². The van der Waals surface area contributed by atoms with Gasteiger partial charge in [0.1, 0.15) is 0 Å². The van der Waals surface area contributed by atoms with E-state index in [2.05, 4.69) is 81.5 Å². The molecule has 0 amide bonds. The van der Waals surface area contributed by atoms with Crippen molar-refractivity contribution in [1.29, 1.82) is 0 Å². The average molecular weight is 316 g/mol. The first kappa shape index (κ1) is 14.7. The summed E-state index contributed by atoms with van der Waals surface area (Å²) >= 11 is 0. The normalized spacial score (nSPS) is 11.9. The molecule has 4 heteroatoms. The molecule has 120 valence electrons. The minimum atomic E-state index is 0.825. The third kappa shape index (κ3) is 2.71. The Morgan fingerprint density at radius 2 is 1.21 bits per heavy atom. The molecule has 4 aromatic rings. The minimum Gasteiger partial charge on any atom is -0.327 e. The van der Waals surface area contributed by atoms with Gasteiger partial charge in [-0.3, -0.25) is 0 Å². The number of allylic oxidation sites excluding steroid dienone is 2. The van der Waals surface area contributed by atoms with Gasteiger partial charge >= 0.3 is 0 Å². The molecule has 4 rings (SSSR count). The lowest BCUT2D eigenvalue weighted by Crippen LogP contribution is -1.95. The van der Waals surface area contributed by atoms with E-state index in [1.807, 2.05) is 12.7 Å². The summed E-state index contributed by atoms with van der Waals surface area (Å²) in [7, 11) is 0. The molecule has 0 saturated heterocycles. The molecule has 0 unspecified atom stereocenters. The summed E-state index contributed by atoms with van der Waals surface area (Å²) in [6, 6.07) is 12.8. The van der Waals surface area contributed by atoms with Gasteiger partial charge in [-0.1, -0.05) is 24.3 Å². The SMILES string of the molecule is Cc1ccc2c(c1)ncn2C/C=C\Cn1cnc2cc(C)ccc21. The highest BCUT2D eigenvalue weighted by Gasteiger charge is 2.02. The van der Waals surface area contributed by atoms with Crippen LogP contribution in [0.5, 0.6) is 0 Å². The number of fused-ring (bicyclic) bond motifs is 2. The molecule has 2 heterocycles. The fourth-order valence-electron chi connectivity index (χ4n) is 3.01. The Kier molecular flexibility index (Phi) is 3.65. The second-order valence-corrected chi connectivity index (χ2v) is 6.25. The summed E-state index contributed by atoms with van der Waals surface area (Å²) in [5.74, 6) is 0. The van der Waals surface area contributed by atoms with Crippen molar-refractivity contribution < 1.29 is 0 Å². The molecular weight excluding hydrogens is 296 g/mol. The zero-order chi connectivity index (χ0) is 16.5. The van der Waals surface area contributed by atoms with E-state index >= 15 is 0 Å². The molecule has 0 saturated carbocycles. The Bertz CT molecular complexity index is 952. The van der Waals surface area contributed by atoms with Gasteiger partial charge in [0.15, 0.2) is 0 Å². The topological polar surface area (TPSA) is 35.6 Å². The molecular formula is C20H20N4. The van der Waals surface area contributed by atoms with Crippen LogP contribution in [0.15, 0.2) is 61.2 Å². The first-order valence-electron chi connectivity index (χ1n) is 8.19. The van der Waals surface area contributed by atoms with Gasteiger partial charge in [0.2, 0.25) is 0 Å². The highest BCUT2D eigenvalue weighted by atomic mass is 15.0. The van der Waals surface area contributed by atoms with Crippen LogP contribution < -0.4 is 0 Å². The van der Waals surface area contributed by atoms with E-state index in [9.17, 15) is 0 Å². The van der Waals surface area contributed by atoms with Crippen LogP contribution in [0.2, 0.25) is 0 Å². The second-order valence-electron chi connectivity index (χ2n) is 6.25. The molecule has 0 aliphatic carbocycles. The summed E-state index contributed by atoms with van der Waals surface area (Å²) in [6.07, 6.45) is 8.18. The smallest absolute Gasteiger partial charge is 0.0961 e. The zero-order valence-electron chi connectivity index (χ0n) is 14.0. The summed E-state index contributed by atoms with van der Waals surface area (Å²) in [6.45, 7) is 5.83. The first-order chi connectivity index (χ1) is 11.7. The number of rotatable bonds is 4. The van der Waals surface area contributed by atoms with Crippen molar-refractivity contribution in [1.82, 2.24) is 19.1 Å². The van der Waals surface area contributed by atoms with Crippen molar-refractivity contribution >= 4 is 22.1 Å². The Hall–Kier alpha value is -2.88. The maximum Gasteiger partial charge on any atom is 0.0961 e. The van der Waals surface area contributed by atoms with Gasteiger partial charge < -0.3 is 9.13 Å². The van der Waals surface area contributed by atoms with Gasteiger partial charge in [0, 0.05) is 13.1 Å². The molecule has 0 radical (unpaired) electrons. The lowest BCUT2D eigenvalue weighted by atomic mass is 10.2. The molecule has 0 aliphatic heterocycles. The Balaban J connectivity index is 1.48. The van der Waals surface area contributed by atoms with Crippen LogP contribution in [0.1, 0.15) is 11.1 Å². The average Bonchev–Trinajstić information content (AvgIpc) is 3.15. The van der Waals surface area contributed by atoms with Crippen molar-refractivity contribution in [2.24, 2.45) is 0 Å². The molecule has 0 atom stereocenters. The minimum absolute atomic E-state index is 0.825. The molecule has 0 aliphatic rings. The molecule has 4 nitrogen and oxygen atoms in total. The van der Waals surface area contributed by atoms with Gasteiger partial charge in [0.25, 0.3) is 0 Å². The fourth-order valence-corrected chi connectivity index (χ4v) is 3.01. The number of aryl methyl sites for hydroxylation is 2. The third-order valence-electron chi connectivity index (χ3n) is 4.32. The third-order valence-corrected chi connectivity index (χ3v) is 4.32. The molecule has 2 aromatic carbocycles. The number of imidazole rings is 2. The van der Waals surface area contributed by atoms with E-state index in [0.717, 1.165) is 24.1 Å². The van der Waals surface area contributed by atoms with E-state index < -0.39 is 0 Å². The summed E-state index contributed by atoms with van der Waals surface area (Å²) in [5, 5.41) is 0. The Morgan fingerprint density at radius 1 is 0.750 bits per heavy atom. The highest BCUT2D eigenvalue weighted by molar-refractivity contribution is 5.76. The lowest BCUT2D eigenvalue weighted by molar-refractivity contribution is 0.817. The molecule has 0 bridgehead atoms. The van der Waals surface area contributed by atoms with E-state index in [-0.39, 0.29) is 0 Å². The second kappa shape index (κ2) is 5.96. The van der Waals surface area contributed by atoms with Gasteiger partial charge in [-0.15, -0.1) is 0 Å². The summed E-state index contributed by atoms with van der Waals surface area (Å²) in [4.78, 5) is 8.94. The van der Waals surface area contributed by atoms with Crippen molar-refractivity contribution in [2.75, 3.05) is 0 Å². The quantitative estimate of drug-likeness (QED) is 0.527. The van der Waals surface area contributed by atoms with Gasteiger partial charge in [-0.2, -0.15) is 0 Å². The fraction of sp³-hybridized carbons (Fsp3) is 0.200. The van der Waals surface area contributed by atoms with Crippen LogP contribution in [-0.4, -0.2) is 19.1 Å². The van der Waals surface area contributed by atoms with Crippen LogP contribution >= 0.6 is 0 Å². The molecule has 24 heavy (non-hydrogen) atoms. The van der Waals surface area contributed by atoms with Crippen LogP contribution in [0.4, 0.5) is 0 Å². The van der Waals surface area contributed by atoms with E-state index in [0.29, 0.717) is 0 Å². The number of hydrogen-bond donors (Lipinski definition) is 0. The predicted octanol–water partition coefficient (Wildman–Crippen LogP) is 4.26. The summed E-state index contributed by atoms with van der Waals surface area (Å²) in [5.41, 5.74) is 6.94.